The predicted octanol–water partition coefficient (Wildman–Crippen LogP) is 4.71. The van der Waals surface area contributed by atoms with E-state index in [4.69, 9.17) is 0 Å². The van der Waals surface area contributed by atoms with Crippen LogP contribution in [0, 0.1) is 5.82 Å². The number of pyridine rings is 1. The fourth-order valence-corrected chi connectivity index (χ4v) is 3.62. The molecule has 0 unspecified atom stereocenters. The lowest BCUT2D eigenvalue weighted by Gasteiger charge is -2.05. The number of benzene rings is 2. The molecule has 2 aromatic carbocycles. The Hall–Kier alpha value is -3.65. The third-order valence-electron chi connectivity index (χ3n) is 4.18. The molecule has 0 aliphatic rings. The second-order valence-electron chi connectivity index (χ2n) is 6.25. The van der Waals surface area contributed by atoms with Crippen molar-refractivity contribution in [3.8, 4) is 11.3 Å². The van der Waals surface area contributed by atoms with Crippen molar-refractivity contribution in [1.29, 1.82) is 0 Å². The Bertz CT molecular complexity index is 1230. The number of anilines is 2. The van der Waals surface area contributed by atoms with Crippen LogP contribution in [0.25, 0.3) is 22.0 Å². The Morgan fingerprint density at radius 3 is 2.69 bits per heavy atom. The van der Waals surface area contributed by atoms with Gasteiger partial charge in [-0.15, -0.1) is 11.3 Å². The van der Waals surface area contributed by atoms with Crippen molar-refractivity contribution >= 4 is 44.7 Å². The van der Waals surface area contributed by atoms with Gasteiger partial charge in [-0.05, 0) is 29.7 Å². The number of thiazole rings is 1. The third kappa shape index (κ3) is 3.97. The number of hydrogen-bond donors (Lipinski definition) is 2. The monoisotopic (exact) mass is 406 g/mol. The zero-order valence-corrected chi connectivity index (χ0v) is 16.1. The molecule has 2 N–H and O–H groups in total. The fraction of sp³-hybridized carbons (Fsp3) is 0.0476. The SMILES string of the molecule is CC(=O)Nc1ccc(-c2csc(NC(=O)c3nccc4ccccc34)n2)c(F)c1. The number of carbonyl (C=O) groups is 2. The molecule has 2 heterocycles. The largest absolute Gasteiger partial charge is 0.326 e. The maximum absolute atomic E-state index is 14.4. The Morgan fingerprint density at radius 1 is 1.07 bits per heavy atom. The first-order valence-electron chi connectivity index (χ1n) is 8.69. The molecular formula is C21H15FN4O2S. The lowest BCUT2D eigenvalue weighted by Crippen LogP contribution is -2.14. The quantitative estimate of drug-likeness (QED) is 0.514. The van der Waals surface area contributed by atoms with Crippen molar-refractivity contribution in [2.45, 2.75) is 6.92 Å². The van der Waals surface area contributed by atoms with E-state index in [1.165, 1.54) is 30.4 Å². The van der Waals surface area contributed by atoms with Crippen LogP contribution >= 0.6 is 11.3 Å². The highest BCUT2D eigenvalue weighted by Crippen LogP contribution is 2.29. The molecule has 0 aliphatic carbocycles. The molecule has 29 heavy (non-hydrogen) atoms. The van der Waals surface area contributed by atoms with Crippen LogP contribution in [0.1, 0.15) is 17.4 Å². The number of rotatable bonds is 4. The molecule has 2 aromatic heterocycles. The summed E-state index contributed by atoms with van der Waals surface area (Å²) in [6.45, 7) is 1.35. The Morgan fingerprint density at radius 2 is 1.90 bits per heavy atom. The first-order chi connectivity index (χ1) is 14.0. The van der Waals surface area contributed by atoms with Gasteiger partial charge in [0.15, 0.2) is 5.13 Å². The maximum atomic E-state index is 14.4. The first-order valence-corrected chi connectivity index (χ1v) is 9.57. The predicted molar refractivity (Wildman–Crippen MR) is 112 cm³/mol. The van der Waals surface area contributed by atoms with Gasteiger partial charge in [-0.25, -0.2) is 9.37 Å². The number of nitrogens with one attached hydrogen (secondary N) is 2. The van der Waals surface area contributed by atoms with Gasteiger partial charge >= 0.3 is 0 Å². The fourth-order valence-electron chi connectivity index (χ4n) is 2.92. The molecule has 0 saturated carbocycles. The molecule has 0 fully saturated rings. The summed E-state index contributed by atoms with van der Waals surface area (Å²) in [5, 5.41) is 8.90. The van der Waals surface area contributed by atoms with E-state index < -0.39 is 5.82 Å². The van der Waals surface area contributed by atoms with Crippen molar-refractivity contribution < 1.29 is 14.0 Å². The molecule has 144 valence electrons. The normalized spacial score (nSPS) is 10.7. The molecule has 4 rings (SSSR count). The summed E-state index contributed by atoms with van der Waals surface area (Å²) in [4.78, 5) is 32.3. The summed E-state index contributed by atoms with van der Waals surface area (Å²) in [5.41, 5.74) is 1.33. The Balaban J connectivity index is 1.57. The van der Waals surface area contributed by atoms with Gasteiger partial charge in [0.25, 0.3) is 5.91 Å². The average Bonchev–Trinajstić information content (AvgIpc) is 3.15. The molecule has 2 amide bonds. The number of nitrogens with zero attached hydrogens (tertiary/aromatic N) is 2. The van der Waals surface area contributed by atoms with Gasteiger partial charge < -0.3 is 5.32 Å². The zero-order valence-electron chi connectivity index (χ0n) is 15.3. The van der Waals surface area contributed by atoms with Crippen LogP contribution < -0.4 is 10.6 Å². The van der Waals surface area contributed by atoms with E-state index >= 15 is 0 Å². The van der Waals surface area contributed by atoms with Crippen LogP contribution in [0.3, 0.4) is 0 Å². The molecule has 6 nitrogen and oxygen atoms in total. The lowest BCUT2D eigenvalue weighted by atomic mass is 10.1. The highest BCUT2D eigenvalue weighted by Gasteiger charge is 2.15. The standard InChI is InChI=1S/C21H15FN4O2S/c1-12(27)24-14-6-7-16(17(22)10-14)18-11-29-21(25-18)26-20(28)19-15-5-3-2-4-13(15)8-9-23-19/h2-11H,1H3,(H,24,27)(H,25,26,28). The minimum absolute atomic E-state index is 0.277. The second kappa shape index (κ2) is 7.76. The average molecular weight is 406 g/mol. The van der Waals surface area contributed by atoms with Crippen molar-refractivity contribution in [3.05, 3.63) is 71.6 Å². The summed E-state index contributed by atoms with van der Waals surface area (Å²) >= 11 is 1.19. The van der Waals surface area contributed by atoms with Gasteiger partial charge in [0.1, 0.15) is 11.5 Å². The van der Waals surface area contributed by atoms with E-state index in [1.54, 1.807) is 17.6 Å². The molecule has 8 heteroatoms. The molecule has 0 radical (unpaired) electrons. The number of carbonyl (C=O) groups excluding carboxylic acids is 2. The summed E-state index contributed by atoms with van der Waals surface area (Å²) in [6, 6.07) is 13.7. The van der Waals surface area contributed by atoms with Gasteiger partial charge in [-0.2, -0.15) is 0 Å². The van der Waals surface area contributed by atoms with E-state index in [9.17, 15) is 14.0 Å². The smallest absolute Gasteiger partial charge is 0.276 e. The zero-order chi connectivity index (χ0) is 20.4. The highest BCUT2D eigenvalue weighted by atomic mass is 32.1. The summed E-state index contributed by atoms with van der Waals surface area (Å²) < 4.78 is 14.4. The molecule has 0 bridgehead atoms. The number of halogens is 1. The van der Waals surface area contributed by atoms with E-state index in [-0.39, 0.29) is 17.4 Å². The number of aromatic nitrogens is 2. The molecule has 4 aromatic rings. The van der Waals surface area contributed by atoms with Crippen LogP contribution in [0.15, 0.2) is 60.1 Å². The molecule has 0 saturated heterocycles. The minimum atomic E-state index is -0.518. The van der Waals surface area contributed by atoms with E-state index in [0.29, 0.717) is 22.2 Å². The number of hydrogen-bond acceptors (Lipinski definition) is 5. The van der Waals surface area contributed by atoms with Gasteiger partial charge in [0.2, 0.25) is 5.91 Å². The lowest BCUT2D eigenvalue weighted by molar-refractivity contribution is -0.114. The first kappa shape index (κ1) is 18.7. The molecule has 0 spiro atoms. The molecular weight excluding hydrogens is 391 g/mol. The van der Waals surface area contributed by atoms with Gasteiger partial charge in [-0.1, -0.05) is 24.3 Å². The summed E-state index contributed by atoms with van der Waals surface area (Å²) in [6.07, 6.45) is 1.58. The van der Waals surface area contributed by atoms with Crippen LogP contribution in [-0.4, -0.2) is 21.8 Å². The summed E-state index contributed by atoms with van der Waals surface area (Å²) in [7, 11) is 0. The van der Waals surface area contributed by atoms with Crippen molar-refractivity contribution in [2.75, 3.05) is 10.6 Å². The van der Waals surface area contributed by atoms with Gasteiger partial charge in [0, 0.05) is 35.1 Å². The summed E-state index contributed by atoms with van der Waals surface area (Å²) in [5.74, 6) is -1.18. The minimum Gasteiger partial charge on any atom is -0.326 e. The van der Waals surface area contributed by atoms with Crippen LogP contribution in [0.5, 0.6) is 0 Å². The maximum Gasteiger partial charge on any atom is 0.276 e. The molecule has 0 aliphatic heterocycles. The highest BCUT2D eigenvalue weighted by molar-refractivity contribution is 7.14. The van der Waals surface area contributed by atoms with E-state index in [2.05, 4.69) is 20.6 Å². The van der Waals surface area contributed by atoms with E-state index in [0.717, 1.165) is 10.8 Å². The van der Waals surface area contributed by atoms with Crippen LogP contribution in [0.2, 0.25) is 0 Å². The topological polar surface area (TPSA) is 84.0 Å². The Kier molecular flexibility index (Phi) is 5.01. The second-order valence-corrected chi connectivity index (χ2v) is 7.11. The van der Waals surface area contributed by atoms with Crippen LogP contribution in [0.4, 0.5) is 15.2 Å². The van der Waals surface area contributed by atoms with Crippen LogP contribution in [-0.2, 0) is 4.79 Å². The molecule has 0 atom stereocenters. The van der Waals surface area contributed by atoms with Crippen molar-refractivity contribution in [2.24, 2.45) is 0 Å². The van der Waals surface area contributed by atoms with Gasteiger partial charge in [-0.3, -0.25) is 19.9 Å². The number of amides is 2. The Labute approximate surface area is 169 Å². The van der Waals surface area contributed by atoms with Gasteiger partial charge in [0.05, 0.1) is 5.69 Å². The van der Waals surface area contributed by atoms with Crippen molar-refractivity contribution in [1.82, 2.24) is 9.97 Å². The van der Waals surface area contributed by atoms with E-state index in [1.807, 2.05) is 30.3 Å². The third-order valence-corrected chi connectivity index (χ3v) is 4.94. The van der Waals surface area contributed by atoms with Crippen molar-refractivity contribution in [3.63, 3.8) is 0 Å². The number of fused-ring (bicyclic) bond motifs is 1.